The third kappa shape index (κ3) is 2.50. The summed E-state index contributed by atoms with van der Waals surface area (Å²) in [6.45, 7) is 0. The standard InChI is InChI=1S/C9H10N2O4/c10-5-1-4(2-6(11)9(14)15)7(12)3-8(5)13/h1,3,6,10,13H,2,11H2,(H,14,15). The molecule has 0 fully saturated rings. The van der Waals surface area contributed by atoms with Crippen molar-refractivity contribution in [1.82, 2.24) is 0 Å². The summed E-state index contributed by atoms with van der Waals surface area (Å²) in [5, 5.41) is 24.8. The summed E-state index contributed by atoms with van der Waals surface area (Å²) in [5.41, 5.74) is 5.14. The van der Waals surface area contributed by atoms with Crippen LogP contribution in [0.3, 0.4) is 0 Å². The van der Waals surface area contributed by atoms with Crippen molar-refractivity contribution < 1.29 is 19.8 Å². The first-order chi connectivity index (χ1) is 6.91. The second kappa shape index (κ2) is 4.05. The number of rotatable bonds is 3. The number of hydrogen-bond acceptors (Lipinski definition) is 5. The summed E-state index contributed by atoms with van der Waals surface area (Å²) >= 11 is 0. The van der Waals surface area contributed by atoms with Gasteiger partial charge in [0.15, 0.2) is 5.78 Å². The number of allylic oxidation sites excluding steroid dienone is 2. The van der Waals surface area contributed by atoms with Crippen LogP contribution in [0.1, 0.15) is 6.42 Å². The molecule has 6 nitrogen and oxygen atoms in total. The van der Waals surface area contributed by atoms with Gasteiger partial charge in [-0.2, -0.15) is 0 Å². The van der Waals surface area contributed by atoms with E-state index in [9.17, 15) is 9.59 Å². The highest BCUT2D eigenvalue weighted by atomic mass is 16.4. The van der Waals surface area contributed by atoms with Crippen LogP contribution in [-0.4, -0.2) is 33.7 Å². The average molecular weight is 210 g/mol. The minimum atomic E-state index is -1.21. The Kier molecular flexibility index (Phi) is 3.01. The Hall–Kier alpha value is -1.95. The number of carboxylic acid groups (broad SMARTS) is 1. The van der Waals surface area contributed by atoms with Crippen molar-refractivity contribution in [1.29, 1.82) is 5.41 Å². The molecule has 0 saturated heterocycles. The molecule has 0 aromatic rings. The smallest absolute Gasteiger partial charge is 0.320 e. The largest absolute Gasteiger partial charge is 0.506 e. The number of hydrogen-bond donors (Lipinski definition) is 4. The van der Waals surface area contributed by atoms with E-state index in [1.54, 1.807) is 0 Å². The topological polar surface area (TPSA) is 124 Å². The van der Waals surface area contributed by atoms with Crippen LogP contribution < -0.4 is 5.73 Å². The first kappa shape index (κ1) is 11.1. The molecule has 0 saturated carbocycles. The van der Waals surface area contributed by atoms with E-state index >= 15 is 0 Å². The Morgan fingerprint density at radius 1 is 1.53 bits per heavy atom. The van der Waals surface area contributed by atoms with Crippen molar-refractivity contribution in [3.05, 3.63) is 23.5 Å². The van der Waals surface area contributed by atoms with Crippen molar-refractivity contribution in [2.24, 2.45) is 5.73 Å². The summed E-state index contributed by atoms with van der Waals surface area (Å²) in [5.74, 6) is -2.15. The van der Waals surface area contributed by atoms with Gasteiger partial charge >= 0.3 is 5.97 Å². The number of aliphatic hydroxyl groups excluding tert-OH is 1. The van der Waals surface area contributed by atoms with E-state index in [1.165, 1.54) is 0 Å². The molecule has 5 N–H and O–H groups in total. The number of carbonyl (C=O) groups excluding carboxylic acids is 1. The number of nitrogens with one attached hydrogen (secondary N) is 1. The molecular formula is C9H10N2O4. The number of ketones is 1. The molecule has 1 rings (SSSR count). The second-order valence-corrected chi connectivity index (χ2v) is 3.13. The van der Waals surface area contributed by atoms with E-state index in [2.05, 4.69) is 0 Å². The lowest BCUT2D eigenvalue weighted by Crippen LogP contribution is -2.32. The quantitative estimate of drug-likeness (QED) is 0.478. The molecule has 0 amide bonds. The molecule has 0 radical (unpaired) electrons. The maximum Gasteiger partial charge on any atom is 0.320 e. The van der Waals surface area contributed by atoms with Crippen LogP contribution >= 0.6 is 0 Å². The first-order valence-electron chi connectivity index (χ1n) is 4.14. The van der Waals surface area contributed by atoms with E-state index in [0.29, 0.717) is 0 Å². The minimum absolute atomic E-state index is 0.118. The van der Waals surface area contributed by atoms with Crippen molar-refractivity contribution in [2.75, 3.05) is 0 Å². The molecule has 0 heterocycles. The second-order valence-electron chi connectivity index (χ2n) is 3.13. The van der Waals surface area contributed by atoms with Gasteiger partial charge in [0, 0.05) is 18.1 Å². The molecule has 80 valence electrons. The van der Waals surface area contributed by atoms with Crippen LogP contribution in [0.5, 0.6) is 0 Å². The van der Waals surface area contributed by atoms with E-state index in [4.69, 9.17) is 21.4 Å². The normalized spacial score (nSPS) is 18.2. The molecule has 1 atom stereocenters. The summed E-state index contributed by atoms with van der Waals surface area (Å²) in [7, 11) is 0. The minimum Gasteiger partial charge on any atom is -0.506 e. The summed E-state index contributed by atoms with van der Waals surface area (Å²) in [6, 6.07) is -1.18. The Bertz CT molecular complexity index is 395. The monoisotopic (exact) mass is 210 g/mol. The number of nitrogens with two attached hydrogens (primary N) is 1. The van der Waals surface area contributed by atoms with Crippen LogP contribution in [0.25, 0.3) is 0 Å². The zero-order valence-corrected chi connectivity index (χ0v) is 7.73. The van der Waals surface area contributed by atoms with Gasteiger partial charge in [-0.1, -0.05) is 0 Å². The third-order valence-corrected chi connectivity index (χ3v) is 1.94. The van der Waals surface area contributed by atoms with Gasteiger partial charge in [0.05, 0.1) is 5.71 Å². The molecule has 0 spiro atoms. The SMILES string of the molecule is N=C1C=C(CC(N)C(=O)O)C(=O)C=C1O. The van der Waals surface area contributed by atoms with Crippen LogP contribution in [-0.2, 0) is 9.59 Å². The summed E-state index contributed by atoms with van der Waals surface area (Å²) < 4.78 is 0. The molecule has 1 unspecified atom stereocenters. The fourth-order valence-electron chi connectivity index (χ4n) is 1.10. The van der Waals surface area contributed by atoms with E-state index in [-0.39, 0.29) is 17.7 Å². The molecule has 0 aromatic carbocycles. The highest BCUT2D eigenvalue weighted by Crippen LogP contribution is 2.14. The predicted molar refractivity (Wildman–Crippen MR) is 51.8 cm³/mol. The van der Waals surface area contributed by atoms with Crippen LogP contribution in [0, 0.1) is 5.41 Å². The number of carbonyl (C=O) groups is 2. The third-order valence-electron chi connectivity index (χ3n) is 1.94. The van der Waals surface area contributed by atoms with Crippen molar-refractivity contribution in [3.63, 3.8) is 0 Å². The van der Waals surface area contributed by atoms with E-state index < -0.39 is 23.6 Å². The van der Waals surface area contributed by atoms with Crippen LogP contribution in [0.2, 0.25) is 0 Å². The van der Waals surface area contributed by atoms with E-state index in [0.717, 1.165) is 12.2 Å². The zero-order valence-electron chi connectivity index (χ0n) is 7.73. The number of carboxylic acids is 1. The number of aliphatic hydroxyl groups is 1. The highest BCUT2D eigenvalue weighted by molar-refractivity contribution is 6.20. The zero-order chi connectivity index (χ0) is 11.6. The molecule has 15 heavy (non-hydrogen) atoms. The Balaban J connectivity index is 2.81. The summed E-state index contributed by atoms with van der Waals surface area (Å²) in [6.07, 6.45) is 1.85. The molecule has 1 aliphatic carbocycles. The average Bonchev–Trinajstić information content (AvgIpc) is 2.13. The van der Waals surface area contributed by atoms with E-state index in [1.807, 2.05) is 0 Å². The predicted octanol–water partition coefficient (Wildman–Crippen LogP) is -0.241. The van der Waals surface area contributed by atoms with Gasteiger partial charge in [-0.05, 0) is 6.08 Å². The van der Waals surface area contributed by atoms with Crippen molar-refractivity contribution in [3.8, 4) is 0 Å². The molecule has 1 aliphatic rings. The van der Waals surface area contributed by atoms with Crippen molar-refractivity contribution in [2.45, 2.75) is 12.5 Å². The lowest BCUT2D eigenvalue weighted by atomic mass is 9.96. The van der Waals surface area contributed by atoms with Crippen LogP contribution in [0.15, 0.2) is 23.5 Å². The fraction of sp³-hybridized carbons (Fsp3) is 0.222. The Morgan fingerprint density at radius 3 is 2.67 bits per heavy atom. The number of aliphatic carboxylic acids is 1. The molecular weight excluding hydrogens is 200 g/mol. The molecule has 6 heteroatoms. The van der Waals surface area contributed by atoms with Gasteiger partial charge in [-0.25, -0.2) is 0 Å². The van der Waals surface area contributed by atoms with Gasteiger partial charge < -0.3 is 15.9 Å². The fourth-order valence-corrected chi connectivity index (χ4v) is 1.10. The molecule has 0 bridgehead atoms. The molecule has 0 aliphatic heterocycles. The molecule has 0 aromatic heterocycles. The van der Waals surface area contributed by atoms with Gasteiger partial charge in [0.2, 0.25) is 0 Å². The Morgan fingerprint density at radius 2 is 2.13 bits per heavy atom. The van der Waals surface area contributed by atoms with Crippen LogP contribution in [0.4, 0.5) is 0 Å². The maximum atomic E-state index is 11.3. The summed E-state index contributed by atoms with van der Waals surface area (Å²) in [4.78, 5) is 21.7. The van der Waals surface area contributed by atoms with Gasteiger partial charge in [-0.3, -0.25) is 15.0 Å². The van der Waals surface area contributed by atoms with Gasteiger partial charge in [-0.15, -0.1) is 0 Å². The first-order valence-corrected chi connectivity index (χ1v) is 4.14. The highest BCUT2D eigenvalue weighted by Gasteiger charge is 2.21. The lowest BCUT2D eigenvalue weighted by Gasteiger charge is -2.12. The van der Waals surface area contributed by atoms with Crippen molar-refractivity contribution >= 4 is 17.5 Å². The van der Waals surface area contributed by atoms with Gasteiger partial charge in [0.1, 0.15) is 11.8 Å². The maximum absolute atomic E-state index is 11.3. The lowest BCUT2D eigenvalue weighted by molar-refractivity contribution is -0.138. The van der Waals surface area contributed by atoms with Gasteiger partial charge in [0.25, 0.3) is 0 Å². The Labute approximate surface area is 85.2 Å².